The van der Waals surface area contributed by atoms with E-state index in [-0.39, 0.29) is 6.23 Å². The highest BCUT2D eigenvalue weighted by molar-refractivity contribution is 7.99. The Bertz CT molecular complexity index is 1160. The molecule has 28 heavy (non-hydrogen) atoms. The molecule has 0 saturated heterocycles. The number of para-hydroxylation sites is 1. The number of ether oxygens (including phenoxy) is 1. The maximum Gasteiger partial charge on any atom is 0.247 e. The second-order valence-corrected chi connectivity index (χ2v) is 7.71. The van der Waals surface area contributed by atoms with Crippen LogP contribution in [0.3, 0.4) is 0 Å². The fourth-order valence-electron chi connectivity index (χ4n) is 3.36. The number of hydrogen-bond donors (Lipinski definition) is 1. The third-order valence-corrected chi connectivity index (χ3v) is 5.40. The lowest BCUT2D eigenvalue weighted by atomic mass is 10.1. The van der Waals surface area contributed by atoms with E-state index in [0.29, 0.717) is 16.7 Å². The number of benzene rings is 3. The van der Waals surface area contributed by atoms with E-state index in [1.165, 1.54) is 10.8 Å². The van der Waals surface area contributed by atoms with Crippen LogP contribution in [0.1, 0.15) is 18.7 Å². The Labute approximate surface area is 167 Å². The van der Waals surface area contributed by atoms with Gasteiger partial charge in [0.15, 0.2) is 11.9 Å². The summed E-state index contributed by atoms with van der Waals surface area (Å²) in [5, 5.41) is 15.2. The van der Waals surface area contributed by atoms with E-state index >= 15 is 0 Å². The van der Waals surface area contributed by atoms with Gasteiger partial charge in [0.1, 0.15) is 0 Å². The Morgan fingerprint density at radius 1 is 0.964 bits per heavy atom. The van der Waals surface area contributed by atoms with Crippen LogP contribution in [-0.2, 0) is 0 Å². The number of nitrogens with zero attached hydrogens (tertiary/aromatic N) is 3. The van der Waals surface area contributed by atoms with Crippen LogP contribution in [0.15, 0.2) is 71.9 Å². The molecule has 1 N–H and O–H groups in total. The SMILES string of the molecule is CCSc1nnc2c(n1)OC(c1ccc3ccccc3c1)Nc1ccccc1-2. The molecule has 1 atom stereocenters. The van der Waals surface area contributed by atoms with Crippen LogP contribution in [-0.4, -0.2) is 20.9 Å². The first kappa shape index (κ1) is 17.0. The number of thioether (sulfide) groups is 1. The highest BCUT2D eigenvalue weighted by Crippen LogP contribution is 2.39. The predicted octanol–water partition coefficient (Wildman–Crippen LogP) is 5.31. The lowest BCUT2D eigenvalue weighted by Crippen LogP contribution is -2.17. The van der Waals surface area contributed by atoms with Crippen molar-refractivity contribution in [2.45, 2.75) is 18.3 Å². The quantitative estimate of drug-likeness (QED) is 0.482. The molecule has 0 bridgehead atoms. The van der Waals surface area contributed by atoms with Gasteiger partial charge in [-0.15, -0.1) is 10.2 Å². The molecule has 0 saturated carbocycles. The minimum atomic E-state index is -0.372. The number of aromatic nitrogens is 3. The van der Waals surface area contributed by atoms with Crippen LogP contribution in [0.2, 0.25) is 0 Å². The van der Waals surface area contributed by atoms with E-state index in [0.717, 1.165) is 22.6 Å². The summed E-state index contributed by atoms with van der Waals surface area (Å²) in [5.74, 6) is 1.38. The molecule has 1 aliphatic rings. The minimum absolute atomic E-state index is 0.372. The zero-order valence-corrected chi connectivity index (χ0v) is 16.1. The fourth-order valence-corrected chi connectivity index (χ4v) is 3.86. The molecule has 4 aromatic rings. The topological polar surface area (TPSA) is 59.9 Å². The summed E-state index contributed by atoms with van der Waals surface area (Å²) >= 11 is 1.55. The van der Waals surface area contributed by atoms with Crippen LogP contribution in [0, 0.1) is 0 Å². The van der Waals surface area contributed by atoms with Crippen molar-refractivity contribution in [3.05, 3.63) is 72.3 Å². The highest BCUT2D eigenvalue weighted by Gasteiger charge is 2.26. The Kier molecular flexibility index (Phi) is 4.33. The molecule has 2 heterocycles. The van der Waals surface area contributed by atoms with Crippen LogP contribution in [0.5, 0.6) is 5.88 Å². The van der Waals surface area contributed by atoms with Gasteiger partial charge in [0.05, 0.1) is 0 Å². The Morgan fingerprint density at radius 3 is 2.68 bits per heavy atom. The molecule has 0 amide bonds. The van der Waals surface area contributed by atoms with Crippen LogP contribution < -0.4 is 10.1 Å². The zero-order chi connectivity index (χ0) is 18.9. The Morgan fingerprint density at radius 2 is 1.79 bits per heavy atom. The molecular formula is C22H18N4OS. The zero-order valence-electron chi connectivity index (χ0n) is 15.3. The normalized spacial score (nSPS) is 15.1. The van der Waals surface area contributed by atoms with E-state index in [1.807, 2.05) is 36.4 Å². The van der Waals surface area contributed by atoms with Crippen LogP contribution in [0.25, 0.3) is 22.0 Å². The van der Waals surface area contributed by atoms with Gasteiger partial charge >= 0.3 is 0 Å². The van der Waals surface area contributed by atoms with Crippen molar-refractivity contribution in [2.75, 3.05) is 11.1 Å². The number of nitrogens with one attached hydrogen (secondary N) is 1. The fraction of sp³-hybridized carbons (Fsp3) is 0.136. The number of rotatable bonds is 3. The molecule has 1 unspecified atom stereocenters. The van der Waals surface area contributed by atoms with Gasteiger partial charge in [0.25, 0.3) is 0 Å². The largest absolute Gasteiger partial charge is 0.448 e. The van der Waals surface area contributed by atoms with Gasteiger partial charge in [0, 0.05) is 16.8 Å². The van der Waals surface area contributed by atoms with Crippen molar-refractivity contribution in [3.8, 4) is 17.1 Å². The Balaban J connectivity index is 1.63. The standard InChI is InChI=1S/C22H18N4OS/c1-2-28-22-24-21-19(25-26-22)17-9-5-6-10-18(17)23-20(27-21)16-12-11-14-7-3-4-8-15(14)13-16/h3-13,20,23H,2H2,1H3. The first-order valence-electron chi connectivity index (χ1n) is 9.20. The van der Waals surface area contributed by atoms with Crippen molar-refractivity contribution in [1.29, 1.82) is 0 Å². The third-order valence-electron chi connectivity index (χ3n) is 4.68. The number of fused-ring (bicyclic) bond motifs is 4. The third kappa shape index (κ3) is 3.05. The van der Waals surface area contributed by atoms with Crippen molar-refractivity contribution in [3.63, 3.8) is 0 Å². The van der Waals surface area contributed by atoms with Crippen molar-refractivity contribution in [2.24, 2.45) is 0 Å². The summed E-state index contributed by atoms with van der Waals surface area (Å²) in [5.41, 5.74) is 3.58. The first-order chi connectivity index (χ1) is 13.8. The highest BCUT2D eigenvalue weighted by atomic mass is 32.2. The van der Waals surface area contributed by atoms with Gasteiger partial charge in [-0.1, -0.05) is 73.3 Å². The van der Waals surface area contributed by atoms with Gasteiger partial charge in [-0.05, 0) is 28.7 Å². The molecule has 5 rings (SSSR count). The molecule has 1 aromatic heterocycles. The Hall–Kier alpha value is -3.12. The summed E-state index contributed by atoms with van der Waals surface area (Å²) in [6, 6.07) is 22.7. The molecule has 138 valence electrons. The van der Waals surface area contributed by atoms with Gasteiger partial charge in [-0.3, -0.25) is 0 Å². The summed E-state index contributed by atoms with van der Waals surface area (Å²) in [7, 11) is 0. The monoisotopic (exact) mass is 386 g/mol. The van der Waals surface area contributed by atoms with Crippen molar-refractivity contribution >= 4 is 28.2 Å². The van der Waals surface area contributed by atoms with E-state index in [2.05, 4.69) is 57.8 Å². The van der Waals surface area contributed by atoms with Crippen LogP contribution >= 0.6 is 11.8 Å². The maximum absolute atomic E-state index is 6.32. The first-order valence-corrected chi connectivity index (χ1v) is 10.2. The molecule has 1 aliphatic heterocycles. The molecule has 3 aromatic carbocycles. The van der Waals surface area contributed by atoms with E-state index in [4.69, 9.17) is 4.74 Å². The second-order valence-electron chi connectivity index (χ2n) is 6.48. The molecule has 6 heteroatoms. The minimum Gasteiger partial charge on any atom is -0.448 e. The molecule has 0 aliphatic carbocycles. The average Bonchev–Trinajstić information content (AvgIpc) is 2.90. The van der Waals surface area contributed by atoms with E-state index in [1.54, 1.807) is 11.8 Å². The van der Waals surface area contributed by atoms with Crippen molar-refractivity contribution < 1.29 is 4.74 Å². The average molecular weight is 386 g/mol. The molecule has 0 radical (unpaired) electrons. The smallest absolute Gasteiger partial charge is 0.247 e. The molecule has 5 nitrogen and oxygen atoms in total. The van der Waals surface area contributed by atoms with Crippen molar-refractivity contribution in [1.82, 2.24) is 15.2 Å². The summed E-state index contributed by atoms with van der Waals surface area (Å²) < 4.78 is 6.32. The van der Waals surface area contributed by atoms with Gasteiger partial charge < -0.3 is 10.1 Å². The van der Waals surface area contributed by atoms with Gasteiger partial charge in [-0.2, -0.15) is 4.98 Å². The summed E-state index contributed by atoms with van der Waals surface area (Å²) in [6.45, 7) is 2.06. The van der Waals surface area contributed by atoms with E-state index in [9.17, 15) is 0 Å². The maximum atomic E-state index is 6.32. The lowest BCUT2D eigenvalue weighted by molar-refractivity contribution is 0.225. The molecule has 0 spiro atoms. The second kappa shape index (κ2) is 7.13. The van der Waals surface area contributed by atoms with Crippen LogP contribution in [0.4, 0.5) is 5.69 Å². The molecular weight excluding hydrogens is 368 g/mol. The number of anilines is 1. The lowest BCUT2D eigenvalue weighted by Gasteiger charge is -2.19. The predicted molar refractivity (Wildman–Crippen MR) is 113 cm³/mol. The summed E-state index contributed by atoms with van der Waals surface area (Å²) in [6.07, 6.45) is -0.372. The van der Waals surface area contributed by atoms with Gasteiger partial charge in [0.2, 0.25) is 11.0 Å². The van der Waals surface area contributed by atoms with Gasteiger partial charge in [-0.25, -0.2) is 0 Å². The molecule has 0 fully saturated rings. The van der Waals surface area contributed by atoms with E-state index < -0.39 is 0 Å². The summed E-state index contributed by atoms with van der Waals surface area (Å²) in [4.78, 5) is 4.63. The number of hydrogen-bond acceptors (Lipinski definition) is 6.